The number of thiazole rings is 1. The standard InChI is InChI=1S/C19H22N4O4S/c1-5-27-18(25)17-16(13-8-12(26-4)6-7-14(13)22-17)23-15(24)9-20-19-21-10(2)11(3)28-19/h6-8,22H,5,9H2,1-4H3,(H,20,21)(H,23,24). The van der Waals surface area contributed by atoms with Gasteiger partial charge in [-0.3, -0.25) is 4.79 Å². The number of aromatic nitrogens is 2. The summed E-state index contributed by atoms with van der Waals surface area (Å²) in [7, 11) is 1.56. The van der Waals surface area contributed by atoms with E-state index in [1.165, 1.54) is 11.3 Å². The SMILES string of the molecule is CCOC(=O)c1[nH]c2ccc(OC)cc2c1NC(=O)CNc1nc(C)c(C)s1. The fourth-order valence-electron chi connectivity index (χ4n) is 2.67. The van der Waals surface area contributed by atoms with Crippen molar-refractivity contribution in [1.29, 1.82) is 0 Å². The number of hydrogen-bond donors (Lipinski definition) is 3. The van der Waals surface area contributed by atoms with Crippen LogP contribution in [0.5, 0.6) is 5.75 Å². The van der Waals surface area contributed by atoms with E-state index in [9.17, 15) is 9.59 Å². The molecule has 0 unspecified atom stereocenters. The third-order valence-corrected chi connectivity index (χ3v) is 5.21. The minimum absolute atomic E-state index is 0.0191. The number of amides is 1. The van der Waals surface area contributed by atoms with E-state index in [1.54, 1.807) is 32.2 Å². The van der Waals surface area contributed by atoms with Gasteiger partial charge in [-0.05, 0) is 39.0 Å². The molecule has 3 rings (SSSR count). The van der Waals surface area contributed by atoms with Gasteiger partial charge in [0, 0.05) is 15.8 Å². The molecule has 0 fully saturated rings. The van der Waals surface area contributed by atoms with Crippen LogP contribution >= 0.6 is 11.3 Å². The molecule has 1 aromatic carbocycles. The van der Waals surface area contributed by atoms with Crippen LogP contribution in [0.15, 0.2) is 18.2 Å². The third-order valence-electron chi connectivity index (χ3n) is 4.18. The average Bonchev–Trinajstić information content (AvgIpc) is 3.19. The lowest BCUT2D eigenvalue weighted by Crippen LogP contribution is -2.23. The molecule has 0 radical (unpaired) electrons. The monoisotopic (exact) mass is 402 g/mol. The topological polar surface area (TPSA) is 105 Å². The largest absolute Gasteiger partial charge is 0.497 e. The van der Waals surface area contributed by atoms with Crippen LogP contribution in [0.3, 0.4) is 0 Å². The third kappa shape index (κ3) is 4.09. The Morgan fingerprint density at radius 1 is 1.29 bits per heavy atom. The van der Waals surface area contributed by atoms with E-state index in [1.807, 2.05) is 13.8 Å². The first-order chi connectivity index (χ1) is 13.4. The summed E-state index contributed by atoms with van der Waals surface area (Å²) in [6.45, 7) is 5.87. The molecule has 9 heteroatoms. The number of nitrogens with zero attached hydrogens (tertiary/aromatic N) is 1. The number of ether oxygens (including phenoxy) is 2. The number of aromatic amines is 1. The van der Waals surface area contributed by atoms with Crippen LogP contribution in [0.2, 0.25) is 0 Å². The zero-order valence-corrected chi connectivity index (χ0v) is 17.0. The highest BCUT2D eigenvalue weighted by molar-refractivity contribution is 7.15. The van der Waals surface area contributed by atoms with E-state index in [2.05, 4.69) is 20.6 Å². The van der Waals surface area contributed by atoms with Crippen LogP contribution < -0.4 is 15.4 Å². The number of nitrogens with one attached hydrogen (secondary N) is 3. The van der Waals surface area contributed by atoms with Crippen molar-refractivity contribution in [3.63, 3.8) is 0 Å². The van der Waals surface area contributed by atoms with E-state index in [4.69, 9.17) is 9.47 Å². The van der Waals surface area contributed by atoms with Gasteiger partial charge in [0.25, 0.3) is 0 Å². The highest BCUT2D eigenvalue weighted by atomic mass is 32.1. The van der Waals surface area contributed by atoms with E-state index in [-0.39, 0.29) is 24.8 Å². The fraction of sp³-hybridized carbons (Fsp3) is 0.316. The number of fused-ring (bicyclic) bond motifs is 1. The Labute approximate surface area is 166 Å². The molecule has 0 aliphatic carbocycles. The highest BCUT2D eigenvalue weighted by Crippen LogP contribution is 2.31. The highest BCUT2D eigenvalue weighted by Gasteiger charge is 2.21. The maximum Gasteiger partial charge on any atom is 0.356 e. The Balaban J connectivity index is 1.85. The molecule has 1 amide bonds. The van der Waals surface area contributed by atoms with Crippen LogP contribution in [0.25, 0.3) is 10.9 Å². The predicted octanol–water partition coefficient (Wildman–Crippen LogP) is 3.48. The molecule has 2 aromatic heterocycles. The Morgan fingerprint density at radius 2 is 2.07 bits per heavy atom. The van der Waals surface area contributed by atoms with Crippen molar-refractivity contribution in [2.45, 2.75) is 20.8 Å². The fourth-order valence-corrected chi connectivity index (χ4v) is 3.48. The van der Waals surface area contributed by atoms with Gasteiger partial charge in [0.15, 0.2) is 5.13 Å². The Kier molecular flexibility index (Phi) is 5.84. The second-order valence-corrected chi connectivity index (χ2v) is 7.27. The molecular formula is C19H22N4O4S. The van der Waals surface area contributed by atoms with Gasteiger partial charge in [-0.1, -0.05) is 0 Å². The Hall–Kier alpha value is -3.07. The van der Waals surface area contributed by atoms with Crippen LogP contribution in [0, 0.1) is 13.8 Å². The lowest BCUT2D eigenvalue weighted by Gasteiger charge is -2.08. The average molecular weight is 402 g/mol. The number of anilines is 2. The first kappa shape index (κ1) is 19.7. The van der Waals surface area contributed by atoms with Crippen molar-refractivity contribution in [3.05, 3.63) is 34.5 Å². The van der Waals surface area contributed by atoms with E-state index >= 15 is 0 Å². The first-order valence-electron chi connectivity index (χ1n) is 8.77. The van der Waals surface area contributed by atoms with Gasteiger partial charge < -0.3 is 25.1 Å². The molecule has 3 aromatic rings. The maximum atomic E-state index is 12.5. The van der Waals surface area contributed by atoms with Crippen LogP contribution in [0.4, 0.5) is 10.8 Å². The summed E-state index contributed by atoms with van der Waals surface area (Å²) in [6, 6.07) is 5.31. The van der Waals surface area contributed by atoms with E-state index in [0.717, 1.165) is 10.6 Å². The molecular weight excluding hydrogens is 380 g/mol. The van der Waals surface area contributed by atoms with Gasteiger partial charge in [0.2, 0.25) is 5.91 Å². The first-order valence-corrected chi connectivity index (χ1v) is 9.59. The summed E-state index contributed by atoms with van der Waals surface area (Å²) in [5.41, 5.74) is 2.18. The van der Waals surface area contributed by atoms with Crippen molar-refractivity contribution in [1.82, 2.24) is 9.97 Å². The molecule has 148 valence electrons. The minimum atomic E-state index is -0.535. The predicted molar refractivity (Wildman–Crippen MR) is 110 cm³/mol. The summed E-state index contributed by atoms with van der Waals surface area (Å²) in [5.74, 6) is -0.226. The lowest BCUT2D eigenvalue weighted by atomic mass is 10.2. The number of esters is 1. The quantitative estimate of drug-likeness (QED) is 0.523. The molecule has 0 saturated heterocycles. The van der Waals surface area contributed by atoms with Crippen LogP contribution in [-0.2, 0) is 9.53 Å². The number of methoxy groups -OCH3 is 1. The zero-order chi connectivity index (χ0) is 20.3. The molecule has 0 atom stereocenters. The van der Waals surface area contributed by atoms with Crippen LogP contribution in [0.1, 0.15) is 28.0 Å². The van der Waals surface area contributed by atoms with Crippen molar-refractivity contribution in [2.24, 2.45) is 0 Å². The summed E-state index contributed by atoms with van der Waals surface area (Å²) >= 11 is 1.49. The second kappa shape index (κ2) is 8.30. The summed E-state index contributed by atoms with van der Waals surface area (Å²) in [4.78, 5) is 33.3. The van der Waals surface area contributed by atoms with Gasteiger partial charge in [-0.25, -0.2) is 9.78 Å². The van der Waals surface area contributed by atoms with Crippen molar-refractivity contribution >= 4 is 44.9 Å². The van der Waals surface area contributed by atoms with Gasteiger partial charge >= 0.3 is 5.97 Å². The molecule has 3 N–H and O–H groups in total. The number of carbonyl (C=O) groups is 2. The molecule has 0 spiro atoms. The molecule has 0 aliphatic heterocycles. The normalized spacial score (nSPS) is 10.7. The van der Waals surface area contributed by atoms with Gasteiger partial charge in [-0.2, -0.15) is 0 Å². The van der Waals surface area contributed by atoms with E-state index in [0.29, 0.717) is 27.5 Å². The number of carbonyl (C=O) groups excluding carboxylic acids is 2. The Bertz CT molecular complexity index is 1010. The van der Waals surface area contributed by atoms with Gasteiger partial charge in [-0.15, -0.1) is 11.3 Å². The molecule has 2 heterocycles. The number of hydrogen-bond acceptors (Lipinski definition) is 7. The molecule has 28 heavy (non-hydrogen) atoms. The van der Waals surface area contributed by atoms with E-state index < -0.39 is 5.97 Å². The number of benzene rings is 1. The van der Waals surface area contributed by atoms with Crippen molar-refractivity contribution < 1.29 is 19.1 Å². The van der Waals surface area contributed by atoms with Gasteiger partial charge in [0.1, 0.15) is 11.4 Å². The summed E-state index contributed by atoms with van der Waals surface area (Å²) < 4.78 is 10.4. The van der Waals surface area contributed by atoms with Crippen molar-refractivity contribution in [3.8, 4) is 5.75 Å². The van der Waals surface area contributed by atoms with Crippen LogP contribution in [-0.4, -0.2) is 42.1 Å². The molecule has 0 aliphatic rings. The molecule has 8 nitrogen and oxygen atoms in total. The van der Waals surface area contributed by atoms with Gasteiger partial charge in [0.05, 0.1) is 31.6 Å². The Morgan fingerprint density at radius 3 is 2.71 bits per heavy atom. The number of aryl methyl sites for hydroxylation is 2. The lowest BCUT2D eigenvalue weighted by molar-refractivity contribution is -0.114. The smallest absolute Gasteiger partial charge is 0.356 e. The summed E-state index contributed by atoms with van der Waals surface area (Å²) in [5, 5.41) is 7.15. The molecule has 0 bridgehead atoms. The maximum absolute atomic E-state index is 12.5. The number of H-pyrrole nitrogens is 1. The minimum Gasteiger partial charge on any atom is -0.497 e. The zero-order valence-electron chi connectivity index (χ0n) is 16.1. The summed E-state index contributed by atoms with van der Waals surface area (Å²) in [6.07, 6.45) is 0. The molecule has 0 saturated carbocycles. The number of rotatable bonds is 7. The second-order valence-electron chi connectivity index (χ2n) is 6.07. The van der Waals surface area contributed by atoms with Crippen molar-refractivity contribution in [2.75, 3.05) is 30.9 Å².